The fourth-order valence-electron chi connectivity index (χ4n) is 2.92. The van der Waals surface area contributed by atoms with Gasteiger partial charge in [0.1, 0.15) is 0 Å². The van der Waals surface area contributed by atoms with Crippen LogP contribution in [-0.2, 0) is 9.09 Å². The van der Waals surface area contributed by atoms with Gasteiger partial charge in [0.05, 0.1) is 6.61 Å². The van der Waals surface area contributed by atoms with E-state index in [4.69, 9.17) is 4.52 Å². The van der Waals surface area contributed by atoms with Crippen LogP contribution in [-0.4, -0.2) is 29.3 Å². The van der Waals surface area contributed by atoms with E-state index in [0.29, 0.717) is 19.7 Å². The lowest BCUT2D eigenvalue weighted by Gasteiger charge is -2.26. The normalized spacial score (nSPS) is 14.1. The fourth-order valence-corrected chi connectivity index (χ4v) is 4.24. The fraction of sp³-hybridized carbons (Fsp3) is 1.00. The third kappa shape index (κ3) is 14.9. The average molecular weight is 378 g/mol. The van der Waals surface area contributed by atoms with Crippen LogP contribution in [0.5, 0.6) is 0 Å². The number of unbranched alkanes of at least 4 members (excludes halogenated alkanes) is 11. The molecule has 0 aliphatic rings. The molecule has 152 valence electrons. The summed E-state index contributed by atoms with van der Waals surface area (Å²) in [6.45, 7) is 8.25. The quantitative estimate of drug-likeness (QED) is 0.196. The number of hydrogen-bond donors (Lipinski definition) is 1. The van der Waals surface area contributed by atoms with Gasteiger partial charge in [0.15, 0.2) is 0 Å². The maximum absolute atomic E-state index is 12.6. The van der Waals surface area contributed by atoms with Gasteiger partial charge in [-0.2, -0.15) is 0 Å². The molecule has 0 aromatic rings. The SMILES string of the molecule is CCCCCCCCN(CCCCCCCC)P(=O)(O)OCCCC. The first-order valence-corrected chi connectivity index (χ1v) is 12.3. The van der Waals surface area contributed by atoms with Crippen LogP contribution in [0.1, 0.15) is 111 Å². The molecule has 25 heavy (non-hydrogen) atoms. The molecule has 4 nitrogen and oxygen atoms in total. The minimum Gasteiger partial charge on any atom is -0.312 e. The summed E-state index contributed by atoms with van der Waals surface area (Å²) < 4.78 is 19.7. The molecule has 0 rings (SSSR count). The Morgan fingerprint density at radius 3 is 1.52 bits per heavy atom. The van der Waals surface area contributed by atoms with Crippen LogP contribution in [0.4, 0.5) is 0 Å². The Morgan fingerprint density at radius 2 is 1.08 bits per heavy atom. The molecule has 0 aliphatic carbocycles. The van der Waals surface area contributed by atoms with Crippen LogP contribution >= 0.6 is 7.75 Å². The summed E-state index contributed by atoms with van der Waals surface area (Å²) in [6.07, 6.45) is 16.2. The molecule has 0 heterocycles. The smallest absolute Gasteiger partial charge is 0.312 e. The van der Waals surface area contributed by atoms with Gasteiger partial charge in [-0.25, -0.2) is 9.24 Å². The summed E-state index contributed by atoms with van der Waals surface area (Å²) in [7, 11) is -3.62. The van der Waals surface area contributed by atoms with E-state index in [-0.39, 0.29) is 0 Å². The molecular formula is C20H44NO3P. The molecule has 1 unspecified atom stereocenters. The summed E-state index contributed by atoms with van der Waals surface area (Å²) in [5, 5.41) is 0. The van der Waals surface area contributed by atoms with Crippen LogP contribution in [0.2, 0.25) is 0 Å². The average Bonchev–Trinajstić information content (AvgIpc) is 2.59. The van der Waals surface area contributed by atoms with Gasteiger partial charge in [0, 0.05) is 13.1 Å². The van der Waals surface area contributed by atoms with Crippen molar-refractivity contribution < 1.29 is 14.0 Å². The van der Waals surface area contributed by atoms with Crippen molar-refractivity contribution in [2.75, 3.05) is 19.7 Å². The lowest BCUT2D eigenvalue weighted by atomic mass is 10.1. The zero-order valence-electron chi connectivity index (χ0n) is 17.2. The van der Waals surface area contributed by atoms with Gasteiger partial charge in [0.2, 0.25) is 0 Å². The van der Waals surface area contributed by atoms with E-state index in [0.717, 1.165) is 38.5 Å². The van der Waals surface area contributed by atoms with E-state index in [1.54, 1.807) is 4.67 Å². The molecule has 0 bridgehead atoms. The predicted octanol–water partition coefficient (Wildman–Crippen LogP) is 6.93. The van der Waals surface area contributed by atoms with Gasteiger partial charge in [-0.3, -0.25) is 4.52 Å². The molecule has 5 heteroatoms. The Bertz CT molecular complexity index is 310. The Labute approximate surface area is 157 Å². The van der Waals surface area contributed by atoms with Gasteiger partial charge in [0.25, 0.3) is 0 Å². The second-order valence-electron chi connectivity index (χ2n) is 7.17. The number of hydrogen-bond acceptors (Lipinski definition) is 2. The lowest BCUT2D eigenvalue weighted by Crippen LogP contribution is -2.24. The van der Waals surface area contributed by atoms with Gasteiger partial charge in [-0.05, 0) is 19.3 Å². The van der Waals surface area contributed by atoms with Crippen molar-refractivity contribution in [3.8, 4) is 0 Å². The van der Waals surface area contributed by atoms with E-state index in [1.165, 1.54) is 51.4 Å². The van der Waals surface area contributed by atoms with E-state index in [9.17, 15) is 9.46 Å². The number of nitrogens with zero attached hydrogens (tertiary/aromatic N) is 1. The molecule has 1 atom stereocenters. The standard InChI is InChI=1S/C20H44NO3P/c1-4-7-10-12-14-16-18-21(19-17-15-13-11-8-5-2)25(22,23)24-20-9-6-3/h4-20H2,1-3H3,(H,22,23). The van der Waals surface area contributed by atoms with Crippen LogP contribution < -0.4 is 0 Å². The van der Waals surface area contributed by atoms with Crippen molar-refractivity contribution in [2.24, 2.45) is 0 Å². The van der Waals surface area contributed by atoms with Crippen molar-refractivity contribution in [3.05, 3.63) is 0 Å². The first kappa shape index (κ1) is 25.1. The first-order valence-electron chi connectivity index (χ1n) is 10.8. The summed E-state index contributed by atoms with van der Waals surface area (Å²) in [5.41, 5.74) is 0. The van der Waals surface area contributed by atoms with E-state index >= 15 is 0 Å². The molecule has 0 saturated heterocycles. The summed E-state index contributed by atoms with van der Waals surface area (Å²) in [5.74, 6) is 0. The molecule has 1 N–H and O–H groups in total. The van der Waals surface area contributed by atoms with Crippen molar-refractivity contribution in [2.45, 2.75) is 111 Å². The zero-order valence-corrected chi connectivity index (χ0v) is 18.1. The molecule has 0 spiro atoms. The Kier molecular flexibility index (Phi) is 17.6. The molecule has 0 aliphatic heterocycles. The van der Waals surface area contributed by atoms with Crippen LogP contribution in [0.25, 0.3) is 0 Å². The third-order valence-corrected chi connectivity index (χ3v) is 6.29. The second kappa shape index (κ2) is 17.5. The Balaban J connectivity index is 4.22. The topological polar surface area (TPSA) is 49.8 Å². The molecule has 0 radical (unpaired) electrons. The highest BCUT2D eigenvalue weighted by molar-refractivity contribution is 7.50. The van der Waals surface area contributed by atoms with Gasteiger partial charge in [-0.15, -0.1) is 0 Å². The van der Waals surface area contributed by atoms with Crippen LogP contribution in [0, 0.1) is 0 Å². The van der Waals surface area contributed by atoms with E-state index < -0.39 is 7.75 Å². The summed E-state index contributed by atoms with van der Waals surface area (Å²) in [4.78, 5) is 10.3. The highest BCUT2D eigenvalue weighted by Crippen LogP contribution is 2.46. The van der Waals surface area contributed by atoms with E-state index in [1.807, 2.05) is 0 Å². The maximum Gasteiger partial charge on any atom is 0.405 e. The number of rotatable bonds is 19. The highest BCUT2D eigenvalue weighted by Gasteiger charge is 2.28. The van der Waals surface area contributed by atoms with Gasteiger partial charge < -0.3 is 4.89 Å². The first-order chi connectivity index (χ1) is 12.1. The largest absolute Gasteiger partial charge is 0.405 e. The maximum atomic E-state index is 12.6. The second-order valence-corrected chi connectivity index (χ2v) is 8.97. The predicted molar refractivity (Wildman–Crippen MR) is 109 cm³/mol. The molecule has 0 amide bonds. The van der Waals surface area contributed by atoms with Crippen molar-refractivity contribution >= 4 is 7.75 Å². The van der Waals surface area contributed by atoms with Crippen LogP contribution in [0.3, 0.4) is 0 Å². The van der Waals surface area contributed by atoms with Crippen molar-refractivity contribution in [3.63, 3.8) is 0 Å². The van der Waals surface area contributed by atoms with E-state index in [2.05, 4.69) is 20.8 Å². The summed E-state index contributed by atoms with van der Waals surface area (Å²) in [6, 6.07) is 0. The van der Waals surface area contributed by atoms with Crippen LogP contribution in [0.15, 0.2) is 0 Å². The molecule has 0 aromatic heterocycles. The highest BCUT2D eigenvalue weighted by atomic mass is 31.2. The summed E-state index contributed by atoms with van der Waals surface area (Å²) >= 11 is 0. The van der Waals surface area contributed by atoms with Gasteiger partial charge in [-0.1, -0.05) is 91.4 Å². The minimum absolute atomic E-state index is 0.383. The third-order valence-electron chi connectivity index (χ3n) is 4.65. The Morgan fingerprint density at radius 1 is 0.680 bits per heavy atom. The monoisotopic (exact) mass is 377 g/mol. The molecule has 0 saturated carbocycles. The molecular weight excluding hydrogens is 333 g/mol. The zero-order chi connectivity index (χ0) is 18.8. The van der Waals surface area contributed by atoms with Crippen molar-refractivity contribution in [1.82, 2.24) is 4.67 Å². The molecule has 0 fully saturated rings. The van der Waals surface area contributed by atoms with Gasteiger partial charge >= 0.3 is 7.75 Å². The minimum atomic E-state index is -3.62. The Hall–Kier alpha value is 0.110. The molecule has 0 aromatic carbocycles. The van der Waals surface area contributed by atoms with Crippen molar-refractivity contribution in [1.29, 1.82) is 0 Å². The lowest BCUT2D eigenvalue weighted by molar-refractivity contribution is 0.195.